The summed E-state index contributed by atoms with van der Waals surface area (Å²) in [6, 6.07) is 20.0. The van der Waals surface area contributed by atoms with Crippen LogP contribution in [0.4, 0.5) is 0 Å². The van der Waals surface area contributed by atoms with Crippen LogP contribution in [0.2, 0.25) is 0 Å². The van der Waals surface area contributed by atoms with E-state index in [9.17, 15) is 4.79 Å². The average Bonchev–Trinajstić information content (AvgIpc) is 2.56. The Morgan fingerprint density at radius 1 is 0.952 bits per heavy atom. The fourth-order valence-electron chi connectivity index (χ4n) is 3.55. The summed E-state index contributed by atoms with van der Waals surface area (Å²) in [5.74, 6) is 0.184. The summed E-state index contributed by atoms with van der Waals surface area (Å²) in [5, 5.41) is 0. The highest BCUT2D eigenvalue weighted by atomic mass is 16.5. The zero-order valence-electron chi connectivity index (χ0n) is 12.5. The Morgan fingerprint density at radius 3 is 1.86 bits per heavy atom. The van der Waals surface area contributed by atoms with Crippen molar-refractivity contribution in [2.45, 2.75) is 25.4 Å². The van der Waals surface area contributed by atoms with Crippen LogP contribution < -0.4 is 0 Å². The topological polar surface area (TPSA) is 26.3 Å². The fraction of sp³-hybridized carbons (Fsp3) is 0.316. The molecule has 0 heterocycles. The van der Waals surface area contributed by atoms with Gasteiger partial charge in [0.1, 0.15) is 5.41 Å². The maximum absolute atomic E-state index is 12.9. The minimum absolute atomic E-state index is 0.0645. The molecule has 0 saturated heterocycles. The first-order valence-electron chi connectivity index (χ1n) is 7.50. The van der Waals surface area contributed by atoms with Crippen molar-refractivity contribution in [2.75, 3.05) is 6.61 Å². The van der Waals surface area contributed by atoms with E-state index in [4.69, 9.17) is 4.74 Å². The molecule has 0 N–H and O–H groups in total. The minimum Gasteiger partial charge on any atom is -0.376 e. The SMILES string of the molecule is CCOC1C(C)C(=O)C1(c1ccccc1)c1ccccc1. The fourth-order valence-corrected chi connectivity index (χ4v) is 3.55. The first-order valence-corrected chi connectivity index (χ1v) is 7.50. The van der Waals surface area contributed by atoms with Gasteiger partial charge in [-0.25, -0.2) is 0 Å². The number of hydrogen-bond acceptors (Lipinski definition) is 2. The molecule has 3 rings (SSSR count). The molecule has 2 nitrogen and oxygen atoms in total. The molecule has 2 aromatic rings. The van der Waals surface area contributed by atoms with Gasteiger partial charge in [0.2, 0.25) is 0 Å². The van der Waals surface area contributed by atoms with E-state index in [1.807, 2.05) is 74.5 Å². The van der Waals surface area contributed by atoms with Crippen LogP contribution in [0.3, 0.4) is 0 Å². The van der Waals surface area contributed by atoms with Gasteiger partial charge >= 0.3 is 0 Å². The Hall–Kier alpha value is -1.93. The third-order valence-corrected chi connectivity index (χ3v) is 4.49. The van der Waals surface area contributed by atoms with Gasteiger partial charge in [0.15, 0.2) is 5.78 Å². The quantitative estimate of drug-likeness (QED) is 0.855. The summed E-state index contributed by atoms with van der Waals surface area (Å²) in [6.45, 7) is 4.56. The van der Waals surface area contributed by atoms with E-state index >= 15 is 0 Å². The maximum Gasteiger partial charge on any atom is 0.155 e. The zero-order chi connectivity index (χ0) is 14.9. The van der Waals surface area contributed by atoms with Crippen molar-refractivity contribution in [2.24, 2.45) is 5.92 Å². The van der Waals surface area contributed by atoms with Gasteiger partial charge in [0.25, 0.3) is 0 Å². The molecule has 108 valence electrons. The number of hydrogen-bond donors (Lipinski definition) is 0. The Morgan fingerprint density at radius 2 is 1.43 bits per heavy atom. The number of carbonyl (C=O) groups is 1. The van der Waals surface area contributed by atoms with E-state index in [2.05, 4.69) is 0 Å². The lowest BCUT2D eigenvalue weighted by molar-refractivity contribution is -0.157. The smallest absolute Gasteiger partial charge is 0.155 e. The molecule has 2 atom stereocenters. The lowest BCUT2D eigenvalue weighted by Crippen LogP contribution is -2.65. The second-order valence-electron chi connectivity index (χ2n) is 5.57. The first kappa shape index (κ1) is 14.0. The van der Waals surface area contributed by atoms with E-state index in [0.717, 1.165) is 11.1 Å². The maximum atomic E-state index is 12.9. The van der Waals surface area contributed by atoms with Crippen molar-refractivity contribution in [3.05, 3.63) is 71.8 Å². The summed E-state index contributed by atoms with van der Waals surface area (Å²) in [7, 11) is 0. The third kappa shape index (κ3) is 1.94. The van der Waals surface area contributed by atoms with Gasteiger partial charge in [-0.05, 0) is 18.1 Å². The molecule has 1 fully saturated rings. The van der Waals surface area contributed by atoms with E-state index in [1.165, 1.54) is 0 Å². The number of ketones is 1. The molecule has 2 aromatic carbocycles. The monoisotopic (exact) mass is 280 g/mol. The molecular weight excluding hydrogens is 260 g/mol. The number of ether oxygens (including phenoxy) is 1. The standard InChI is InChI=1S/C19H20O2/c1-3-21-18-14(2)17(20)19(18,15-10-6-4-7-11-15)16-12-8-5-9-13-16/h4-14,18H,3H2,1-2H3. The lowest BCUT2D eigenvalue weighted by Gasteiger charge is -2.52. The van der Waals surface area contributed by atoms with Crippen LogP contribution in [0, 0.1) is 5.92 Å². The van der Waals surface area contributed by atoms with Crippen molar-refractivity contribution in [1.82, 2.24) is 0 Å². The summed E-state index contributed by atoms with van der Waals surface area (Å²) >= 11 is 0. The molecule has 0 radical (unpaired) electrons. The largest absolute Gasteiger partial charge is 0.376 e. The highest BCUT2D eigenvalue weighted by Crippen LogP contribution is 2.50. The molecule has 0 spiro atoms. The molecule has 0 bridgehead atoms. The Kier molecular flexibility index (Phi) is 3.64. The van der Waals surface area contributed by atoms with E-state index < -0.39 is 5.41 Å². The molecule has 0 amide bonds. The van der Waals surface area contributed by atoms with Gasteiger partial charge < -0.3 is 4.74 Å². The normalized spacial score (nSPS) is 23.6. The van der Waals surface area contributed by atoms with Crippen LogP contribution in [-0.2, 0) is 14.9 Å². The van der Waals surface area contributed by atoms with Crippen LogP contribution in [0.15, 0.2) is 60.7 Å². The van der Waals surface area contributed by atoms with Crippen molar-refractivity contribution in [3.63, 3.8) is 0 Å². The molecule has 2 unspecified atom stereocenters. The Labute approximate surface area is 125 Å². The molecule has 1 aliphatic rings. The van der Waals surface area contributed by atoms with Gasteiger partial charge in [-0.1, -0.05) is 67.6 Å². The molecule has 0 aromatic heterocycles. The molecule has 21 heavy (non-hydrogen) atoms. The molecule has 1 aliphatic carbocycles. The molecule has 0 aliphatic heterocycles. The van der Waals surface area contributed by atoms with Crippen molar-refractivity contribution < 1.29 is 9.53 Å². The number of Topliss-reactive ketones (excluding diaryl/α,β-unsaturated/α-hetero) is 1. The lowest BCUT2D eigenvalue weighted by atomic mass is 9.52. The molecule has 2 heteroatoms. The number of rotatable bonds is 4. The van der Waals surface area contributed by atoms with Gasteiger partial charge in [-0.15, -0.1) is 0 Å². The molecule has 1 saturated carbocycles. The Bertz CT molecular complexity index is 579. The van der Waals surface area contributed by atoms with E-state index in [1.54, 1.807) is 0 Å². The van der Waals surface area contributed by atoms with Crippen molar-refractivity contribution >= 4 is 5.78 Å². The summed E-state index contributed by atoms with van der Waals surface area (Å²) in [6.07, 6.45) is -0.0974. The van der Waals surface area contributed by atoms with E-state index in [0.29, 0.717) is 6.61 Å². The van der Waals surface area contributed by atoms with Gasteiger partial charge in [-0.2, -0.15) is 0 Å². The third-order valence-electron chi connectivity index (χ3n) is 4.49. The minimum atomic E-state index is -0.655. The predicted octanol–water partition coefficient (Wildman–Crippen LogP) is 3.60. The van der Waals surface area contributed by atoms with Crippen LogP contribution in [-0.4, -0.2) is 18.5 Å². The van der Waals surface area contributed by atoms with Gasteiger partial charge in [0.05, 0.1) is 6.10 Å². The van der Waals surface area contributed by atoms with Crippen LogP contribution in [0.5, 0.6) is 0 Å². The number of carbonyl (C=O) groups excluding carboxylic acids is 1. The zero-order valence-corrected chi connectivity index (χ0v) is 12.5. The van der Waals surface area contributed by atoms with Crippen molar-refractivity contribution in [1.29, 1.82) is 0 Å². The summed E-state index contributed by atoms with van der Waals surface area (Å²) < 4.78 is 5.96. The average molecular weight is 280 g/mol. The van der Waals surface area contributed by atoms with Gasteiger partial charge in [-0.3, -0.25) is 4.79 Å². The van der Waals surface area contributed by atoms with Crippen LogP contribution in [0.25, 0.3) is 0 Å². The highest BCUT2D eigenvalue weighted by Gasteiger charge is 2.62. The molecular formula is C19H20O2. The van der Waals surface area contributed by atoms with E-state index in [-0.39, 0.29) is 17.8 Å². The second kappa shape index (κ2) is 5.45. The highest BCUT2D eigenvalue weighted by molar-refractivity contribution is 6.03. The van der Waals surface area contributed by atoms with Crippen LogP contribution >= 0.6 is 0 Å². The second-order valence-corrected chi connectivity index (χ2v) is 5.57. The predicted molar refractivity (Wildman–Crippen MR) is 83.2 cm³/mol. The summed E-state index contributed by atoms with van der Waals surface area (Å²) in [4.78, 5) is 12.9. The van der Waals surface area contributed by atoms with Crippen LogP contribution in [0.1, 0.15) is 25.0 Å². The summed E-state index contributed by atoms with van der Waals surface area (Å²) in [5.41, 5.74) is 1.40. The Balaban J connectivity index is 2.19. The first-order chi connectivity index (χ1) is 10.2. The van der Waals surface area contributed by atoms with Gasteiger partial charge in [0, 0.05) is 12.5 Å². The number of benzene rings is 2. The van der Waals surface area contributed by atoms with Crippen molar-refractivity contribution in [3.8, 4) is 0 Å².